The van der Waals surface area contributed by atoms with Crippen LogP contribution in [0.3, 0.4) is 0 Å². The average molecular weight is 219 g/mol. The predicted molar refractivity (Wildman–Crippen MR) is 54.7 cm³/mol. The Balaban J connectivity index is 2.69. The van der Waals surface area contributed by atoms with Crippen LogP contribution < -0.4 is 5.73 Å². The molecule has 0 radical (unpaired) electrons. The molecule has 5 heteroatoms. The van der Waals surface area contributed by atoms with E-state index in [9.17, 15) is 13.2 Å². The summed E-state index contributed by atoms with van der Waals surface area (Å²) >= 11 is 0. The Morgan fingerprint density at radius 3 is 2.57 bits per heavy atom. The highest BCUT2D eigenvalue weighted by Crippen LogP contribution is 2.24. The lowest BCUT2D eigenvalue weighted by Crippen LogP contribution is -2.41. The fraction of sp³-hybridized carbons (Fsp3) is 0.889. The first-order valence-electron chi connectivity index (χ1n) is 4.82. The second kappa shape index (κ2) is 3.98. The van der Waals surface area contributed by atoms with Gasteiger partial charge < -0.3 is 5.73 Å². The van der Waals surface area contributed by atoms with Crippen LogP contribution in [-0.4, -0.2) is 31.2 Å². The van der Waals surface area contributed by atoms with E-state index < -0.39 is 15.4 Å². The number of sulfone groups is 1. The van der Waals surface area contributed by atoms with Crippen LogP contribution in [0.5, 0.6) is 0 Å². The quantitative estimate of drug-likeness (QED) is 0.722. The molecular formula is C9H17NO3S. The molecule has 1 unspecified atom stereocenters. The summed E-state index contributed by atoms with van der Waals surface area (Å²) < 4.78 is 22.6. The van der Waals surface area contributed by atoms with Gasteiger partial charge in [-0.1, -0.05) is 0 Å². The molecule has 0 aromatic heterocycles. The van der Waals surface area contributed by atoms with Crippen molar-refractivity contribution >= 4 is 15.6 Å². The summed E-state index contributed by atoms with van der Waals surface area (Å²) in [6, 6.07) is 0. The number of carbonyl (C=O) groups is 1. The zero-order valence-electron chi connectivity index (χ0n) is 8.45. The van der Waals surface area contributed by atoms with Crippen LogP contribution >= 0.6 is 0 Å². The molecule has 0 aromatic carbocycles. The smallest absolute Gasteiger partial charge is 0.150 e. The van der Waals surface area contributed by atoms with Crippen molar-refractivity contribution in [3.05, 3.63) is 0 Å². The van der Waals surface area contributed by atoms with Crippen molar-refractivity contribution in [1.82, 2.24) is 0 Å². The van der Waals surface area contributed by atoms with E-state index in [1.54, 1.807) is 0 Å². The Hall–Kier alpha value is -0.420. The number of nitrogens with two attached hydrogens (primary N) is 1. The van der Waals surface area contributed by atoms with Gasteiger partial charge in [0.25, 0.3) is 0 Å². The Bertz CT molecular complexity index is 323. The molecular weight excluding hydrogens is 202 g/mol. The van der Waals surface area contributed by atoms with E-state index in [-0.39, 0.29) is 17.3 Å². The van der Waals surface area contributed by atoms with Crippen LogP contribution in [0, 0.1) is 0 Å². The Morgan fingerprint density at radius 2 is 2.00 bits per heavy atom. The van der Waals surface area contributed by atoms with Crippen molar-refractivity contribution < 1.29 is 13.2 Å². The van der Waals surface area contributed by atoms with Crippen LogP contribution in [0.2, 0.25) is 0 Å². The van der Waals surface area contributed by atoms with Crippen LogP contribution in [0.15, 0.2) is 0 Å². The minimum atomic E-state index is -2.92. The summed E-state index contributed by atoms with van der Waals surface area (Å²) in [6.07, 6.45) is 1.91. The van der Waals surface area contributed by atoms with Crippen molar-refractivity contribution in [3.8, 4) is 0 Å². The Kier molecular flexibility index (Phi) is 3.32. The van der Waals surface area contributed by atoms with Gasteiger partial charge in [0, 0.05) is 12.0 Å². The van der Waals surface area contributed by atoms with E-state index in [0.717, 1.165) is 0 Å². The third-order valence-electron chi connectivity index (χ3n) is 2.64. The molecule has 1 heterocycles. The summed E-state index contributed by atoms with van der Waals surface area (Å²) in [4.78, 5) is 11.0. The van der Waals surface area contributed by atoms with Gasteiger partial charge in [-0.2, -0.15) is 0 Å². The number of ketones is 1. The predicted octanol–water partition coefficient (Wildman–Crippen LogP) is 0.262. The molecule has 1 saturated heterocycles. The largest absolute Gasteiger partial charge is 0.325 e. The minimum Gasteiger partial charge on any atom is -0.325 e. The van der Waals surface area contributed by atoms with E-state index in [2.05, 4.69) is 0 Å². The highest BCUT2D eigenvalue weighted by molar-refractivity contribution is 7.91. The molecule has 4 nitrogen and oxygen atoms in total. The molecule has 1 fully saturated rings. The Morgan fingerprint density at radius 1 is 1.36 bits per heavy atom. The first-order chi connectivity index (χ1) is 6.33. The van der Waals surface area contributed by atoms with Crippen LogP contribution in [-0.2, 0) is 14.6 Å². The van der Waals surface area contributed by atoms with Gasteiger partial charge in [-0.05, 0) is 26.2 Å². The van der Waals surface area contributed by atoms with Gasteiger partial charge in [0.2, 0.25) is 0 Å². The number of Topliss-reactive ketones (excluding diaryl/α,β-unsaturated/α-hetero) is 1. The van der Waals surface area contributed by atoms with E-state index in [1.807, 2.05) is 0 Å². The van der Waals surface area contributed by atoms with Gasteiger partial charge in [0.15, 0.2) is 0 Å². The first kappa shape index (κ1) is 11.7. The number of rotatable bonds is 2. The molecule has 1 aliphatic rings. The van der Waals surface area contributed by atoms with Crippen molar-refractivity contribution in [2.24, 2.45) is 5.73 Å². The maximum atomic E-state index is 11.3. The fourth-order valence-electron chi connectivity index (χ4n) is 1.90. The van der Waals surface area contributed by atoms with E-state index in [1.165, 1.54) is 6.92 Å². The van der Waals surface area contributed by atoms with Gasteiger partial charge in [0.05, 0.1) is 11.5 Å². The second-order valence-corrected chi connectivity index (χ2v) is 6.55. The minimum absolute atomic E-state index is 0.0341. The molecule has 82 valence electrons. The monoisotopic (exact) mass is 219 g/mol. The van der Waals surface area contributed by atoms with Gasteiger partial charge in [-0.15, -0.1) is 0 Å². The average Bonchev–Trinajstić information content (AvgIpc) is 2.10. The zero-order valence-corrected chi connectivity index (χ0v) is 9.27. The Labute approximate surface area is 84.8 Å². The molecule has 0 amide bonds. The SMILES string of the molecule is CC(=O)CC1(N)CCCS(=O)(=O)CC1. The van der Waals surface area contributed by atoms with E-state index in [0.29, 0.717) is 25.7 Å². The fourth-order valence-corrected chi connectivity index (χ4v) is 3.41. The highest BCUT2D eigenvalue weighted by Gasteiger charge is 2.31. The van der Waals surface area contributed by atoms with E-state index in [4.69, 9.17) is 5.73 Å². The third-order valence-corrected chi connectivity index (χ3v) is 4.38. The second-order valence-electron chi connectivity index (χ2n) is 4.25. The molecule has 1 atom stereocenters. The number of hydrogen-bond acceptors (Lipinski definition) is 4. The van der Waals surface area contributed by atoms with E-state index >= 15 is 0 Å². The summed E-state index contributed by atoms with van der Waals surface area (Å²) in [5.74, 6) is 0.368. The molecule has 0 saturated carbocycles. The third kappa shape index (κ3) is 3.38. The molecule has 2 N–H and O–H groups in total. The molecule has 14 heavy (non-hydrogen) atoms. The zero-order chi connectivity index (χ0) is 10.8. The summed E-state index contributed by atoms with van der Waals surface area (Å²) in [7, 11) is -2.92. The lowest BCUT2D eigenvalue weighted by atomic mass is 9.87. The van der Waals surface area contributed by atoms with Crippen LogP contribution in [0.1, 0.15) is 32.6 Å². The van der Waals surface area contributed by atoms with Crippen molar-refractivity contribution in [1.29, 1.82) is 0 Å². The van der Waals surface area contributed by atoms with Crippen LogP contribution in [0.4, 0.5) is 0 Å². The lowest BCUT2D eigenvalue weighted by Gasteiger charge is -2.25. The normalized spacial score (nSPS) is 32.1. The lowest BCUT2D eigenvalue weighted by molar-refractivity contribution is -0.118. The first-order valence-corrected chi connectivity index (χ1v) is 6.64. The molecule has 0 aromatic rings. The molecule has 0 spiro atoms. The molecule has 0 bridgehead atoms. The topological polar surface area (TPSA) is 77.2 Å². The van der Waals surface area contributed by atoms with Gasteiger partial charge in [-0.3, -0.25) is 4.79 Å². The number of carbonyl (C=O) groups excluding carboxylic acids is 1. The van der Waals surface area contributed by atoms with Gasteiger partial charge in [-0.25, -0.2) is 8.42 Å². The maximum Gasteiger partial charge on any atom is 0.150 e. The number of hydrogen-bond donors (Lipinski definition) is 1. The maximum absolute atomic E-state index is 11.3. The molecule has 0 aliphatic carbocycles. The summed E-state index contributed by atoms with van der Waals surface area (Å²) in [5.41, 5.74) is 5.41. The summed E-state index contributed by atoms with van der Waals surface area (Å²) in [5, 5.41) is 0. The van der Waals surface area contributed by atoms with Gasteiger partial charge >= 0.3 is 0 Å². The van der Waals surface area contributed by atoms with Crippen molar-refractivity contribution in [3.63, 3.8) is 0 Å². The van der Waals surface area contributed by atoms with Crippen molar-refractivity contribution in [2.75, 3.05) is 11.5 Å². The highest BCUT2D eigenvalue weighted by atomic mass is 32.2. The molecule has 1 aliphatic heterocycles. The van der Waals surface area contributed by atoms with Gasteiger partial charge in [0.1, 0.15) is 15.6 Å². The standard InChI is InChI=1S/C9H17NO3S/c1-8(11)7-9(10)3-2-5-14(12,13)6-4-9/h2-7,10H2,1H3. The molecule has 1 rings (SSSR count). The summed E-state index contributed by atoms with van der Waals surface area (Å²) in [6.45, 7) is 1.49. The van der Waals surface area contributed by atoms with Crippen LogP contribution in [0.25, 0.3) is 0 Å². The van der Waals surface area contributed by atoms with Crippen molar-refractivity contribution in [2.45, 2.75) is 38.1 Å².